The molecule has 2 aromatic carbocycles. The Morgan fingerprint density at radius 1 is 1.16 bits per heavy atom. The fraction of sp³-hybridized carbons (Fsp3) is 0.250. The molecule has 6 nitrogen and oxygen atoms in total. The second-order valence-electron chi connectivity index (χ2n) is 7.66. The first kappa shape index (κ1) is 21.1. The van der Waals surface area contributed by atoms with Crippen LogP contribution < -0.4 is 10.6 Å². The minimum atomic E-state index is -0.511. The van der Waals surface area contributed by atoms with Gasteiger partial charge in [-0.15, -0.1) is 5.10 Å². The number of anilines is 1. The van der Waals surface area contributed by atoms with Gasteiger partial charge in [-0.05, 0) is 43.5 Å². The van der Waals surface area contributed by atoms with Crippen LogP contribution in [0.3, 0.4) is 0 Å². The Labute approximate surface area is 185 Å². The number of carbonyl (C=O) groups excluding carboxylic acids is 2. The van der Waals surface area contributed by atoms with Crippen molar-refractivity contribution in [2.45, 2.75) is 31.4 Å². The first-order chi connectivity index (χ1) is 15.1. The van der Waals surface area contributed by atoms with Crippen molar-refractivity contribution >= 4 is 46.2 Å². The van der Waals surface area contributed by atoms with Gasteiger partial charge in [0.15, 0.2) is 5.17 Å². The summed E-state index contributed by atoms with van der Waals surface area (Å²) in [7, 11) is 0. The monoisotopic (exact) mass is 432 g/mol. The summed E-state index contributed by atoms with van der Waals surface area (Å²) in [6.45, 7) is 1.99. The largest absolute Gasteiger partial charge is 0.326 e. The van der Waals surface area contributed by atoms with Gasteiger partial charge in [-0.3, -0.25) is 9.59 Å². The molecule has 2 amide bonds. The molecule has 31 heavy (non-hydrogen) atoms. The molecule has 1 aliphatic carbocycles. The summed E-state index contributed by atoms with van der Waals surface area (Å²) >= 11 is 1.25. The number of aryl methyl sites for hydroxylation is 1. The first-order valence-electron chi connectivity index (χ1n) is 10.3. The normalized spacial score (nSPS) is 20.3. The molecule has 2 N–H and O–H groups in total. The lowest BCUT2D eigenvalue weighted by Crippen LogP contribution is -2.28. The molecule has 1 atom stereocenters. The summed E-state index contributed by atoms with van der Waals surface area (Å²) < 4.78 is 0. The second kappa shape index (κ2) is 9.75. The van der Waals surface area contributed by atoms with Crippen LogP contribution >= 0.6 is 11.8 Å². The van der Waals surface area contributed by atoms with Gasteiger partial charge >= 0.3 is 0 Å². The van der Waals surface area contributed by atoms with E-state index in [4.69, 9.17) is 0 Å². The second-order valence-corrected chi connectivity index (χ2v) is 8.85. The summed E-state index contributed by atoms with van der Waals surface area (Å²) in [6.07, 6.45) is 6.30. The minimum Gasteiger partial charge on any atom is -0.326 e. The SMILES string of the molecule is Cc1ccc(NC(=O)C[C@@H]2S/C(=N/N=C(\C=C\c3ccccc3)C3CC3)NC2=O)cc1. The number of amidine groups is 1. The topological polar surface area (TPSA) is 82.9 Å². The van der Waals surface area contributed by atoms with Crippen LogP contribution in [-0.2, 0) is 9.59 Å². The molecule has 158 valence electrons. The van der Waals surface area contributed by atoms with Crippen molar-refractivity contribution in [2.24, 2.45) is 16.1 Å². The summed E-state index contributed by atoms with van der Waals surface area (Å²) in [5, 5.41) is 14.1. The van der Waals surface area contributed by atoms with Crippen LogP contribution in [0.5, 0.6) is 0 Å². The quantitative estimate of drug-likeness (QED) is 0.503. The van der Waals surface area contributed by atoms with E-state index in [2.05, 4.69) is 20.8 Å². The number of thioether (sulfide) groups is 1. The van der Waals surface area contributed by atoms with Crippen molar-refractivity contribution in [2.75, 3.05) is 5.32 Å². The zero-order chi connectivity index (χ0) is 21.6. The molecule has 0 spiro atoms. The molecule has 0 bridgehead atoms. The lowest BCUT2D eigenvalue weighted by atomic mass is 10.1. The van der Waals surface area contributed by atoms with E-state index in [1.165, 1.54) is 11.8 Å². The highest BCUT2D eigenvalue weighted by Gasteiger charge is 2.32. The third-order valence-corrected chi connectivity index (χ3v) is 6.05. The van der Waals surface area contributed by atoms with Crippen molar-refractivity contribution in [3.05, 3.63) is 71.8 Å². The smallest absolute Gasteiger partial charge is 0.240 e. The number of hydrogen-bond donors (Lipinski definition) is 2. The van der Waals surface area contributed by atoms with E-state index in [0.29, 0.717) is 11.1 Å². The van der Waals surface area contributed by atoms with E-state index in [1.54, 1.807) is 0 Å². The molecule has 0 aromatic heterocycles. The molecule has 1 saturated heterocycles. The summed E-state index contributed by atoms with van der Waals surface area (Å²) in [4.78, 5) is 24.6. The van der Waals surface area contributed by atoms with Gasteiger partial charge in [-0.25, -0.2) is 0 Å². The highest BCUT2D eigenvalue weighted by Crippen LogP contribution is 2.32. The molecule has 4 rings (SSSR count). The summed E-state index contributed by atoms with van der Waals surface area (Å²) in [5.41, 5.74) is 3.85. The molecular weight excluding hydrogens is 408 g/mol. The van der Waals surface area contributed by atoms with Crippen LogP contribution in [-0.4, -0.2) is 27.9 Å². The van der Waals surface area contributed by atoms with Crippen LogP contribution in [0.15, 0.2) is 70.9 Å². The van der Waals surface area contributed by atoms with E-state index < -0.39 is 5.25 Å². The number of amides is 2. The maximum atomic E-state index is 12.3. The Bertz CT molecular complexity index is 1040. The fourth-order valence-electron chi connectivity index (χ4n) is 3.08. The molecule has 1 heterocycles. The van der Waals surface area contributed by atoms with Gasteiger partial charge in [-0.2, -0.15) is 5.10 Å². The molecule has 7 heteroatoms. The lowest BCUT2D eigenvalue weighted by Gasteiger charge is -2.07. The minimum absolute atomic E-state index is 0.0799. The highest BCUT2D eigenvalue weighted by molar-refractivity contribution is 8.15. The number of carbonyl (C=O) groups is 2. The van der Waals surface area contributed by atoms with Crippen LogP contribution in [0.2, 0.25) is 0 Å². The van der Waals surface area contributed by atoms with Gasteiger partial charge in [0.2, 0.25) is 11.8 Å². The number of hydrogen-bond acceptors (Lipinski definition) is 5. The Morgan fingerprint density at radius 2 is 1.90 bits per heavy atom. The van der Waals surface area contributed by atoms with E-state index in [0.717, 1.165) is 35.4 Å². The molecule has 0 radical (unpaired) electrons. The van der Waals surface area contributed by atoms with Gasteiger partial charge in [0, 0.05) is 18.0 Å². The Balaban J connectivity index is 1.36. The van der Waals surface area contributed by atoms with Crippen molar-refractivity contribution < 1.29 is 9.59 Å². The molecule has 0 unspecified atom stereocenters. The Kier molecular flexibility index (Phi) is 6.62. The average Bonchev–Trinajstić information content (AvgIpc) is 3.55. The van der Waals surface area contributed by atoms with Gasteiger partial charge in [0.05, 0.1) is 5.71 Å². The van der Waals surface area contributed by atoms with Crippen molar-refractivity contribution in [1.29, 1.82) is 0 Å². The number of nitrogens with one attached hydrogen (secondary N) is 2. The van der Waals surface area contributed by atoms with Crippen LogP contribution in [0, 0.1) is 12.8 Å². The molecular formula is C24H24N4O2S. The standard InChI is InChI=1S/C24H24N4O2S/c1-16-7-12-19(13-8-16)25-22(29)15-21-23(30)26-24(31-21)28-27-20(18-10-11-18)14-9-17-5-3-2-4-6-17/h2-9,12-14,18,21H,10-11,15H2,1H3,(H,25,29)(H,26,28,30)/b14-9+,27-20+/t21-/m0/s1. The number of rotatable bonds is 7. The first-order valence-corrected chi connectivity index (χ1v) is 11.2. The Hall–Kier alpha value is -3.19. The van der Waals surface area contributed by atoms with Gasteiger partial charge in [0.25, 0.3) is 0 Å². The number of allylic oxidation sites excluding steroid dienone is 1. The van der Waals surface area contributed by atoms with Gasteiger partial charge < -0.3 is 10.6 Å². The van der Waals surface area contributed by atoms with Crippen molar-refractivity contribution in [1.82, 2.24) is 5.32 Å². The van der Waals surface area contributed by atoms with Gasteiger partial charge in [0.1, 0.15) is 5.25 Å². The van der Waals surface area contributed by atoms with Crippen molar-refractivity contribution in [3.63, 3.8) is 0 Å². The van der Waals surface area contributed by atoms with Crippen LogP contribution in [0.25, 0.3) is 6.08 Å². The predicted molar refractivity (Wildman–Crippen MR) is 127 cm³/mol. The molecule has 1 saturated carbocycles. The third-order valence-electron chi connectivity index (χ3n) is 4.98. The maximum absolute atomic E-state index is 12.3. The van der Waals surface area contributed by atoms with Crippen LogP contribution in [0.4, 0.5) is 5.69 Å². The molecule has 2 aliphatic rings. The maximum Gasteiger partial charge on any atom is 0.240 e. The van der Waals surface area contributed by atoms with E-state index in [9.17, 15) is 9.59 Å². The van der Waals surface area contributed by atoms with E-state index in [-0.39, 0.29) is 18.2 Å². The molecule has 1 aliphatic heterocycles. The van der Waals surface area contributed by atoms with Crippen molar-refractivity contribution in [3.8, 4) is 0 Å². The average molecular weight is 433 g/mol. The zero-order valence-electron chi connectivity index (χ0n) is 17.2. The summed E-state index contributed by atoms with van der Waals surface area (Å²) in [5.74, 6) is -0.000903. The predicted octanol–water partition coefficient (Wildman–Crippen LogP) is 4.39. The van der Waals surface area contributed by atoms with Gasteiger partial charge in [-0.1, -0.05) is 65.9 Å². The zero-order valence-corrected chi connectivity index (χ0v) is 18.1. The third kappa shape index (κ3) is 6.15. The van der Waals surface area contributed by atoms with E-state index in [1.807, 2.05) is 73.7 Å². The highest BCUT2D eigenvalue weighted by atomic mass is 32.2. The van der Waals surface area contributed by atoms with E-state index >= 15 is 0 Å². The Morgan fingerprint density at radius 3 is 2.61 bits per heavy atom. The fourth-order valence-corrected chi connectivity index (χ4v) is 4.00. The lowest BCUT2D eigenvalue weighted by molar-refractivity contribution is -0.122. The summed E-state index contributed by atoms with van der Waals surface area (Å²) in [6, 6.07) is 17.6. The van der Waals surface area contributed by atoms with Crippen LogP contribution in [0.1, 0.15) is 30.4 Å². The molecule has 2 aromatic rings. The number of nitrogens with zero attached hydrogens (tertiary/aromatic N) is 2. The number of benzene rings is 2. The molecule has 2 fully saturated rings.